The van der Waals surface area contributed by atoms with E-state index >= 15 is 0 Å². The largest absolute Gasteiger partial charge is 0.489 e. The van der Waals surface area contributed by atoms with E-state index in [0.717, 1.165) is 11.0 Å². The number of aliphatic hydroxyl groups excluding tert-OH is 1. The van der Waals surface area contributed by atoms with Crippen LogP contribution >= 0.6 is 11.6 Å². The zero-order chi connectivity index (χ0) is 17.3. The number of aryl methyl sites for hydroxylation is 3. The fourth-order valence-electron chi connectivity index (χ4n) is 2.80. The zero-order valence-corrected chi connectivity index (χ0v) is 14.9. The number of halogens is 1. The van der Waals surface area contributed by atoms with Gasteiger partial charge in [0, 0.05) is 0 Å². The smallest absolute Gasteiger partial charge is 0.244 e. The summed E-state index contributed by atoms with van der Waals surface area (Å²) in [5.41, 5.74) is 4.76. The number of ether oxygens (including phenoxy) is 1. The number of imidazole rings is 1. The Kier molecular flexibility index (Phi) is 4.78. The summed E-state index contributed by atoms with van der Waals surface area (Å²) in [5, 5.41) is 10.9. The Morgan fingerprint density at radius 2 is 1.92 bits per heavy atom. The van der Waals surface area contributed by atoms with Crippen molar-refractivity contribution in [3.05, 3.63) is 58.9 Å². The van der Waals surface area contributed by atoms with E-state index in [9.17, 15) is 5.11 Å². The molecule has 2 aromatic carbocycles. The molecule has 0 amide bonds. The minimum absolute atomic E-state index is 0.192. The summed E-state index contributed by atoms with van der Waals surface area (Å²) in [6, 6.07) is 11.6. The number of para-hydroxylation sites is 1. The summed E-state index contributed by atoms with van der Waals surface area (Å²) >= 11 is 6.07. The van der Waals surface area contributed by atoms with Gasteiger partial charge in [-0.05, 0) is 49.2 Å². The molecular weight excluding hydrogens is 324 g/mol. The Balaban J connectivity index is 1.75. The molecule has 0 bridgehead atoms. The lowest BCUT2D eigenvalue weighted by molar-refractivity contribution is -0.645. The van der Waals surface area contributed by atoms with Crippen molar-refractivity contribution < 1.29 is 14.4 Å². The van der Waals surface area contributed by atoms with Gasteiger partial charge in [0.2, 0.25) is 6.33 Å². The third kappa shape index (κ3) is 3.40. The molecule has 1 heterocycles. The molecule has 0 aliphatic carbocycles. The SMILES string of the molecule is Cc1cc2c(cc1C)[n+](C)cn2C[C@@H](O)COc1ccccc1Cl. The van der Waals surface area contributed by atoms with E-state index in [-0.39, 0.29) is 6.61 Å². The molecule has 1 aromatic heterocycles. The van der Waals surface area contributed by atoms with Gasteiger partial charge in [-0.25, -0.2) is 9.13 Å². The maximum Gasteiger partial charge on any atom is 0.244 e. The molecule has 126 valence electrons. The second-order valence-corrected chi connectivity index (χ2v) is 6.61. The molecule has 3 aromatic rings. The normalized spacial score (nSPS) is 12.5. The summed E-state index contributed by atoms with van der Waals surface area (Å²) in [6.07, 6.45) is 1.38. The molecule has 0 fully saturated rings. The van der Waals surface area contributed by atoms with Crippen molar-refractivity contribution in [1.82, 2.24) is 4.57 Å². The van der Waals surface area contributed by atoms with E-state index in [1.807, 2.05) is 25.5 Å². The molecule has 1 atom stereocenters. The molecule has 0 spiro atoms. The minimum Gasteiger partial charge on any atom is -0.489 e. The highest BCUT2D eigenvalue weighted by molar-refractivity contribution is 6.32. The molecule has 3 rings (SSSR count). The van der Waals surface area contributed by atoms with Gasteiger partial charge >= 0.3 is 0 Å². The molecule has 0 aliphatic rings. The molecular formula is C19H22ClN2O2+. The van der Waals surface area contributed by atoms with E-state index in [1.165, 1.54) is 11.1 Å². The molecule has 24 heavy (non-hydrogen) atoms. The molecule has 0 saturated carbocycles. The first-order valence-electron chi connectivity index (χ1n) is 7.97. The predicted molar refractivity (Wildman–Crippen MR) is 95.5 cm³/mol. The van der Waals surface area contributed by atoms with Crippen LogP contribution in [0.5, 0.6) is 5.75 Å². The van der Waals surface area contributed by atoms with Crippen molar-refractivity contribution in [2.24, 2.45) is 7.05 Å². The Labute approximate surface area is 146 Å². The average Bonchev–Trinajstić information content (AvgIpc) is 2.83. The van der Waals surface area contributed by atoms with Crippen LogP contribution in [0.15, 0.2) is 42.7 Å². The van der Waals surface area contributed by atoms with Crippen LogP contribution in [-0.2, 0) is 13.6 Å². The summed E-state index contributed by atoms with van der Waals surface area (Å²) in [7, 11) is 2.01. The Morgan fingerprint density at radius 1 is 1.21 bits per heavy atom. The van der Waals surface area contributed by atoms with Crippen LogP contribution in [0.2, 0.25) is 5.02 Å². The minimum atomic E-state index is -0.626. The van der Waals surface area contributed by atoms with Crippen LogP contribution in [0.1, 0.15) is 11.1 Å². The summed E-state index contributed by atoms with van der Waals surface area (Å²) in [6.45, 7) is 4.86. The Bertz CT molecular complexity index is 873. The maximum atomic E-state index is 10.3. The van der Waals surface area contributed by atoms with Crippen LogP contribution in [0.4, 0.5) is 0 Å². The van der Waals surface area contributed by atoms with Crippen LogP contribution in [0.3, 0.4) is 0 Å². The van der Waals surface area contributed by atoms with Crippen molar-refractivity contribution in [3.63, 3.8) is 0 Å². The van der Waals surface area contributed by atoms with Crippen LogP contribution in [0, 0.1) is 13.8 Å². The van der Waals surface area contributed by atoms with Gasteiger partial charge in [-0.2, -0.15) is 0 Å². The maximum absolute atomic E-state index is 10.3. The number of hydrogen-bond donors (Lipinski definition) is 1. The topological polar surface area (TPSA) is 38.3 Å². The second-order valence-electron chi connectivity index (χ2n) is 6.20. The lowest BCUT2D eigenvalue weighted by Crippen LogP contribution is -2.27. The van der Waals surface area contributed by atoms with Crippen molar-refractivity contribution in [3.8, 4) is 5.75 Å². The highest BCUT2D eigenvalue weighted by Crippen LogP contribution is 2.23. The number of aliphatic hydroxyl groups is 1. The number of hydrogen-bond acceptors (Lipinski definition) is 2. The number of benzene rings is 2. The predicted octanol–water partition coefficient (Wildman–Crippen LogP) is 3.18. The van der Waals surface area contributed by atoms with Gasteiger partial charge in [-0.15, -0.1) is 0 Å². The summed E-state index contributed by atoms with van der Waals surface area (Å²) < 4.78 is 9.76. The van der Waals surface area contributed by atoms with E-state index < -0.39 is 6.10 Å². The van der Waals surface area contributed by atoms with E-state index in [2.05, 4.69) is 35.1 Å². The third-order valence-electron chi connectivity index (χ3n) is 4.27. The van der Waals surface area contributed by atoms with Gasteiger partial charge in [0.05, 0.1) is 12.1 Å². The van der Waals surface area contributed by atoms with Crippen molar-refractivity contribution in [2.75, 3.05) is 6.61 Å². The fraction of sp³-hybridized carbons (Fsp3) is 0.316. The number of aromatic nitrogens is 2. The molecule has 0 aliphatic heterocycles. The first-order chi connectivity index (χ1) is 11.5. The molecule has 0 saturated heterocycles. The van der Waals surface area contributed by atoms with E-state index in [4.69, 9.17) is 16.3 Å². The van der Waals surface area contributed by atoms with Gasteiger partial charge in [0.1, 0.15) is 25.0 Å². The Hall–Kier alpha value is -2.04. The number of rotatable bonds is 5. The van der Waals surface area contributed by atoms with Crippen molar-refractivity contribution >= 4 is 22.6 Å². The van der Waals surface area contributed by atoms with Crippen LogP contribution < -0.4 is 9.30 Å². The van der Waals surface area contributed by atoms with Gasteiger partial charge in [0.25, 0.3) is 0 Å². The average molecular weight is 346 g/mol. The van der Waals surface area contributed by atoms with Gasteiger partial charge < -0.3 is 9.84 Å². The lowest BCUT2D eigenvalue weighted by atomic mass is 10.1. The van der Waals surface area contributed by atoms with Crippen molar-refractivity contribution in [1.29, 1.82) is 0 Å². The summed E-state index contributed by atoms with van der Waals surface area (Å²) in [5.74, 6) is 0.590. The highest BCUT2D eigenvalue weighted by Gasteiger charge is 2.18. The zero-order valence-electron chi connectivity index (χ0n) is 14.2. The van der Waals surface area contributed by atoms with E-state index in [0.29, 0.717) is 17.3 Å². The second kappa shape index (κ2) is 6.83. The third-order valence-corrected chi connectivity index (χ3v) is 4.58. The summed E-state index contributed by atoms with van der Waals surface area (Å²) in [4.78, 5) is 0. The lowest BCUT2D eigenvalue weighted by Gasteiger charge is -2.12. The molecule has 1 N–H and O–H groups in total. The first-order valence-corrected chi connectivity index (χ1v) is 8.34. The molecule has 4 nitrogen and oxygen atoms in total. The quantitative estimate of drug-likeness (QED) is 0.721. The first kappa shape index (κ1) is 16.8. The van der Waals surface area contributed by atoms with Crippen LogP contribution in [0.25, 0.3) is 11.0 Å². The standard InChI is InChI=1S/C19H22ClN2O2/c1-13-8-17-18(9-14(13)2)22(12-21(17)3)10-15(23)11-24-19-7-5-4-6-16(19)20/h4-9,12,15,23H,10-11H2,1-3H3/q+1/t15-/m1/s1. The van der Waals surface area contributed by atoms with Gasteiger partial charge in [-0.3, -0.25) is 0 Å². The van der Waals surface area contributed by atoms with Crippen molar-refractivity contribution in [2.45, 2.75) is 26.5 Å². The van der Waals surface area contributed by atoms with Gasteiger partial charge in [0.15, 0.2) is 11.0 Å². The number of nitrogens with zero attached hydrogens (tertiary/aromatic N) is 2. The molecule has 0 radical (unpaired) electrons. The van der Waals surface area contributed by atoms with Gasteiger partial charge in [-0.1, -0.05) is 23.7 Å². The van der Waals surface area contributed by atoms with E-state index in [1.54, 1.807) is 12.1 Å². The fourth-order valence-corrected chi connectivity index (χ4v) is 3.00. The Morgan fingerprint density at radius 3 is 2.67 bits per heavy atom. The number of fused-ring (bicyclic) bond motifs is 1. The monoisotopic (exact) mass is 345 g/mol. The molecule has 0 unspecified atom stereocenters. The van der Waals surface area contributed by atoms with Crippen LogP contribution in [-0.4, -0.2) is 22.4 Å². The highest BCUT2D eigenvalue weighted by atomic mass is 35.5. The molecule has 5 heteroatoms.